The molecule has 0 saturated carbocycles. The molecular formula is C21H27NO10. The summed E-state index contributed by atoms with van der Waals surface area (Å²) in [5.41, 5.74) is 0.334. The zero-order valence-corrected chi connectivity index (χ0v) is 18.5. The van der Waals surface area contributed by atoms with Gasteiger partial charge in [-0.3, -0.25) is 24.0 Å². The Balaban J connectivity index is 3.23. The summed E-state index contributed by atoms with van der Waals surface area (Å²) in [6.45, 7) is 6.04. The van der Waals surface area contributed by atoms with Gasteiger partial charge >= 0.3 is 23.9 Å². The monoisotopic (exact) mass is 453 g/mol. The maximum Gasteiger partial charge on any atom is 0.303 e. The lowest BCUT2D eigenvalue weighted by molar-refractivity contribution is -0.190. The van der Waals surface area contributed by atoms with Gasteiger partial charge in [-0.1, -0.05) is 0 Å². The molecule has 0 spiro atoms. The van der Waals surface area contributed by atoms with Crippen molar-refractivity contribution in [1.82, 2.24) is 0 Å². The van der Waals surface area contributed by atoms with Gasteiger partial charge in [0.05, 0.1) is 6.61 Å². The Labute approximate surface area is 185 Å². The molecule has 3 atom stereocenters. The minimum absolute atomic E-state index is 0.334. The average Bonchev–Trinajstić information content (AvgIpc) is 2.68. The van der Waals surface area contributed by atoms with Gasteiger partial charge in [0.2, 0.25) is 6.10 Å². The number of ether oxygens (including phenoxy) is 5. The summed E-state index contributed by atoms with van der Waals surface area (Å²) in [4.78, 5) is 59.1. The van der Waals surface area contributed by atoms with Crippen LogP contribution in [-0.2, 0) is 42.9 Å². The second kappa shape index (κ2) is 12.9. The average molecular weight is 453 g/mol. The zero-order chi connectivity index (χ0) is 24.3. The summed E-state index contributed by atoms with van der Waals surface area (Å²) in [7, 11) is 0. The molecule has 1 aromatic rings. The molecule has 0 radical (unpaired) electrons. The van der Waals surface area contributed by atoms with Crippen LogP contribution in [-0.4, -0.2) is 61.3 Å². The summed E-state index contributed by atoms with van der Waals surface area (Å²) in [6.07, 6.45) is -4.74. The second-order valence-corrected chi connectivity index (χ2v) is 6.50. The predicted molar refractivity (Wildman–Crippen MR) is 110 cm³/mol. The van der Waals surface area contributed by atoms with Crippen molar-refractivity contribution in [2.24, 2.45) is 0 Å². The first kappa shape index (κ1) is 26.4. The maximum atomic E-state index is 13.0. The van der Waals surface area contributed by atoms with E-state index in [1.165, 1.54) is 0 Å². The van der Waals surface area contributed by atoms with Gasteiger partial charge in [-0.25, -0.2) is 0 Å². The summed E-state index contributed by atoms with van der Waals surface area (Å²) in [5, 5.41) is 2.53. The van der Waals surface area contributed by atoms with Crippen molar-refractivity contribution in [3.05, 3.63) is 24.3 Å². The van der Waals surface area contributed by atoms with E-state index in [-0.39, 0.29) is 0 Å². The Kier molecular flexibility index (Phi) is 10.7. The number of benzene rings is 1. The molecule has 0 aliphatic carbocycles. The number of anilines is 1. The lowest BCUT2D eigenvalue weighted by Gasteiger charge is -2.30. The van der Waals surface area contributed by atoms with Gasteiger partial charge in [0.25, 0.3) is 5.91 Å². The first-order valence-corrected chi connectivity index (χ1v) is 9.72. The molecule has 0 unspecified atom stereocenters. The standard InChI is InChI=1S/C21H27NO10/c1-6-28-17-9-7-16(8-10-17)22-21(27)20(32-15(5)26)19(31-14(4)25)18(30-13(3)24)11-29-12(2)23/h7-10,18-20H,6,11H2,1-5H3,(H,22,27)/t18-,19-,20-/m0/s1. The Morgan fingerprint density at radius 1 is 0.812 bits per heavy atom. The van der Waals surface area contributed by atoms with Gasteiger partial charge in [-0.05, 0) is 31.2 Å². The summed E-state index contributed by atoms with van der Waals surface area (Å²) in [5.74, 6) is -3.49. The van der Waals surface area contributed by atoms with Crippen LogP contribution in [0.1, 0.15) is 34.6 Å². The van der Waals surface area contributed by atoms with E-state index >= 15 is 0 Å². The highest BCUT2D eigenvalue weighted by atomic mass is 16.6. The Hall–Kier alpha value is -3.63. The summed E-state index contributed by atoms with van der Waals surface area (Å²) >= 11 is 0. The highest BCUT2D eigenvalue weighted by Crippen LogP contribution is 2.19. The third-order valence-electron chi connectivity index (χ3n) is 3.72. The van der Waals surface area contributed by atoms with Crippen molar-refractivity contribution in [1.29, 1.82) is 0 Å². The Morgan fingerprint density at radius 2 is 1.38 bits per heavy atom. The third-order valence-corrected chi connectivity index (χ3v) is 3.72. The lowest BCUT2D eigenvalue weighted by Crippen LogP contribution is -2.52. The number of amides is 1. The highest BCUT2D eigenvalue weighted by molar-refractivity contribution is 5.96. The number of hydrogen-bond donors (Lipinski definition) is 1. The van der Waals surface area contributed by atoms with Crippen LogP contribution in [0.2, 0.25) is 0 Å². The van der Waals surface area contributed by atoms with Crippen molar-refractivity contribution in [2.75, 3.05) is 18.5 Å². The fraction of sp³-hybridized carbons (Fsp3) is 0.476. The van der Waals surface area contributed by atoms with Gasteiger partial charge < -0.3 is 29.0 Å². The van der Waals surface area contributed by atoms with Gasteiger partial charge in [0.1, 0.15) is 12.4 Å². The molecule has 1 N–H and O–H groups in total. The van der Waals surface area contributed by atoms with Crippen molar-refractivity contribution < 1.29 is 47.7 Å². The van der Waals surface area contributed by atoms with Crippen LogP contribution < -0.4 is 10.1 Å². The van der Waals surface area contributed by atoms with Crippen LogP contribution in [0.25, 0.3) is 0 Å². The largest absolute Gasteiger partial charge is 0.494 e. The third kappa shape index (κ3) is 9.45. The van der Waals surface area contributed by atoms with Crippen LogP contribution in [0, 0.1) is 0 Å². The normalized spacial score (nSPS) is 13.0. The van der Waals surface area contributed by atoms with E-state index in [0.29, 0.717) is 18.0 Å². The van der Waals surface area contributed by atoms with Crippen molar-refractivity contribution in [2.45, 2.75) is 52.9 Å². The first-order chi connectivity index (χ1) is 15.0. The number of carbonyl (C=O) groups excluding carboxylic acids is 5. The molecule has 32 heavy (non-hydrogen) atoms. The van der Waals surface area contributed by atoms with Gasteiger partial charge in [0.15, 0.2) is 12.2 Å². The number of nitrogens with one attached hydrogen (secondary N) is 1. The molecule has 0 aliphatic rings. The lowest BCUT2D eigenvalue weighted by atomic mass is 10.1. The smallest absolute Gasteiger partial charge is 0.303 e. The fourth-order valence-electron chi connectivity index (χ4n) is 2.60. The molecule has 0 aliphatic heterocycles. The van der Waals surface area contributed by atoms with Gasteiger partial charge in [-0.15, -0.1) is 0 Å². The van der Waals surface area contributed by atoms with E-state index in [4.69, 9.17) is 23.7 Å². The Morgan fingerprint density at radius 3 is 1.84 bits per heavy atom. The number of carbonyl (C=O) groups is 5. The van der Waals surface area contributed by atoms with E-state index in [1.54, 1.807) is 24.3 Å². The van der Waals surface area contributed by atoms with E-state index in [9.17, 15) is 24.0 Å². The van der Waals surface area contributed by atoms with Crippen LogP contribution in [0.5, 0.6) is 5.75 Å². The SMILES string of the molecule is CCOc1ccc(NC(=O)[C@@H](OC(C)=O)[C@@H](OC(C)=O)[C@H](COC(C)=O)OC(C)=O)cc1. The molecular weight excluding hydrogens is 426 g/mol. The Bertz CT molecular complexity index is 820. The first-order valence-electron chi connectivity index (χ1n) is 9.72. The molecule has 0 heterocycles. The van der Waals surface area contributed by atoms with Crippen LogP contribution in [0.3, 0.4) is 0 Å². The second-order valence-electron chi connectivity index (χ2n) is 6.50. The summed E-state index contributed by atoms with van der Waals surface area (Å²) < 4.78 is 25.5. The topological polar surface area (TPSA) is 144 Å². The van der Waals surface area contributed by atoms with Gasteiger partial charge in [0, 0.05) is 33.4 Å². The minimum atomic E-state index is -1.72. The van der Waals surface area contributed by atoms with E-state index in [0.717, 1.165) is 27.7 Å². The number of rotatable bonds is 11. The molecule has 11 heteroatoms. The quantitative estimate of drug-likeness (QED) is 0.385. The number of hydrogen-bond acceptors (Lipinski definition) is 10. The molecule has 11 nitrogen and oxygen atoms in total. The van der Waals surface area contributed by atoms with Crippen molar-refractivity contribution >= 4 is 35.5 Å². The highest BCUT2D eigenvalue weighted by Gasteiger charge is 2.42. The van der Waals surface area contributed by atoms with E-state index in [1.807, 2.05) is 6.92 Å². The van der Waals surface area contributed by atoms with Crippen molar-refractivity contribution in [3.63, 3.8) is 0 Å². The van der Waals surface area contributed by atoms with E-state index in [2.05, 4.69) is 5.32 Å². The molecule has 1 amide bonds. The van der Waals surface area contributed by atoms with Crippen LogP contribution in [0.4, 0.5) is 5.69 Å². The van der Waals surface area contributed by atoms with Crippen LogP contribution >= 0.6 is 0 Å². The molecule has 0 fully saturated rings. The molecule has 1 rings (SSSR count). The summed E-state index contributed by atoms with van der Waals surface area (Å²) in [6, 6.07) is 6.34. The molecule has 176 valence electrons. The van der Waals surface area contributed by atoms with Crippen LogP contribution in [0.15, 0.2) is 24.3 Å². The molecule has 0 saturated heterocycles. The zero-order valence-electron chi connectivity index (χ0n) is 18.5. The number of esters is 4. The molecule has 0 aromatic heterocycles. The van der Waals surface area contributed by atoms with Crippen molar-refractivity contribution in [3.8, 4) is 5.75 Å². The fourth-order valence-corrected chi connectivity index (χ4v) is 2.60. The molecule has 1 aromatic carbocycles. The van der Waals surface area contributed by atoms with Gasteiger partial charge in [-0.2, -0.15) is 0 Å². The molecule has 0 bridgehead atoms. The minimum Gasteiger partial charge on any atom is -0.494 e. The van der Waals surface area contributed by atoms with E-state index < -0.39 is 54.7 Å². The maximum absolute atomic E-state index is 13.0. The predicted octanol–water partition coefficient (Wildman–Crippen LogP) is 1.38.